The molecule has 0 saturated carbocycles. The zero-order valence-corrected chi connectivity index (χ0v) is 22.9. The number of ether oxygens (including phenoxy) is 5. The first-order valence-electron chi connectivity index (χ1n) is 13.3. The summed E-state index contributed by atoms with van der Waals surface area (Å²) in [6.07, 6.45) is -14.4. The van der Waals surface area contributed by atoms with Gasteiger partial charge in [-0.15, -0.1) is 0 Å². The second-order valence-electron chi connectivity index (χ2n) is 10.2. The van der Waals surface area contributed by atoms with Crippen molar-refractivity contribution in [2.75, 3.05) is 13.2 Å². The molecule has 3 aromatic rings. The van der Waals surface area contributed by atoms with Crippen molar-refractivity contribution in [1.82, 2.24) is 0 Å². The van der Waals surface area contributed by atoms with Gasteiger partial charge in [-0.05, 0) is 24.3 Å². The molecule has 2 aromatic carbocycles. The summed E-state index contributed by atoms with van der Waals surface area (Å²) >= 11 is 0. The molecule has 16 nitrogen and oxygen atoms in total. The van der Waals surface area contributed by atoms with Gasteiger partial charge in [-0.3, -0.25) is 9.59 Å². The summed E-state index contributed by atoms with van der Waals surface area (Å²) in [5.74, 6) is -2.63. The number of carbonyl (C=O) groups excluding carboxylic acids is 1. The lowest BCUT2D eigenvalue weighted by Crippen LogP contribution is -2.60. The van der Waals surface area contributed by atoms with E-state index in [0.717, 1.165) is 13.0 Å². The van der Waals surface area contributed by atoms with Crippen LogP contribution in [0.2, 0.25) is 0 Å². The fraction of sp³-hybridized carbons (Fsp3) is 0.429. The minimum atomic E-state index is -1.88. The number of aromatic hydroxyl groups is 2. The molecular weight excluding hydrogens is 592 g/mol. The standard InChI is InChI=1S/C28H30O16/c1-10(30)40-26-19(34)15(33)9-39-28(26)41-13-6-14(32)18-16(7-13)42-24(11-2-4-12(31)5-3-11)25(21(18)36)44-27-23(38)22(37)20(35)17(8-29)43-27/h2-7,15,17,19-20,22-23,26-29,31-35,37-38H,8-9H2,1H3/t15-,17+,19-,20-,22-,23+,26+,27-,28-/m0/s1. The fourth-order valence-electron chi connectivity index (χ4n) is 4.84. The van der Waals surface area contributed by atoms with Gasteiger partial charge in [0.05, 0.1) is 13.2 Å². The Balaban J connectivity index is 1.58. The number of fused-ring (bicyclic) bond motifs is 1. The summed E-state index contributed by atoms with van der Waals surface area (Å²) < 4.78 is 33.1. The van der Waals surface area contributed by atoms with Crippen molar-refractivity contribution < 1.29 is 73.7 Å². The lowest BCUT2D eigenvalue weighted by atomic mass is 9.99. The Morgan fingerprint density at radius 3 is 2.30 bits per heavy atom. The highest BCUT2D eigenvalue weighted by Crippen LogP contribution is 2.38. The summed E-state index contributed by atoms with van der Waals surface area (Å²) in [4.78, 5) is 25.3. The van der Waals surface area contributed by atoms with Crippen LogP contribution in [0, 0.1) is 0 Å². The number of benzene rings is 2. The maximum Gasteiger partial charge on any atom is 0.303 e. The normalized spacial score (nSPS) is 30.6. The Morgan fingerprint density at radius 2 is 1.64 bits per heavy atom. The number of aliphatic hydroxyl groups excluding tert-OH is 6. The van der Waals surface area contributed by atoms with E-state index in [1.165, 1.54) is 30.3 Å². The van der Waals surface area contributed by atoms with Crippen molar-refractivity contribution in [3.05, 3.63) is 46.6 Å². The highest BCUT2D eigenvalue weighted by molar-refractivity contribution is 5.88. The molecule has 5 rings (SSSR count). The van der Waals surface area contributed by atoms with Gasteiger partial charge in [-0.25, -0.2) is 0 Å². The Bertz CT molecular complexity index is 1550. The summed E-state index contributed by atoms with van der Waals surface area (Å²) in [5, 5.41) is 80.8. The van der Waals surface area contributed by atoms with Crippen LogP contribution in [-0.2, 0) is 19.0 Å². The molecule has 8 N–H and O–H groups in total. The van der Waals surface area contributed by atoms with Crippen LogP contribution in [-0.4, -0.2) is 115 Å². The summed E-state index contributed by atoms with van der Waals surface area (Å²) in [6.45, 7) is -0.0532. The van der Waals surface area contributed by atoms with Gasteiger partial charge in [0.15, 0.2) is 11.9 Å². The largest absolute Gasteiger partial charge is 0.508 e. The van der Waals surface area contributed by atoms with E-state index in [0.29, 0.717) is 0 Å². The van der Waals surface area contributed by atoms with Crippen LogP contribution in [0.3, 0.4) is 0 Å². The molecule has 2 fully saturated rings. The second kappa shape index (κ2) is 12.5. The average molecular weight is 623 g/mol. The first-order chi connectivity index (χ1) is 20.9. The second-order valence-corrected chi connectivity index (χ2v) is 10.2. The molecular formula is C28H30O16. The number of aliphatic hydroxyl groups is 6. The van der Waals surface area contributed by atoms with Crippen LogP contribution in [0.5, 0.6) is 23.0 Å². The van der Waals surface area contributed by atoms with Crippen LogP contribution in [0.15, 0.2) is 45.6 Å². The first kappa shape index (κ1) is 31.4. The van der Waals surface area contributed by atoms with Gasteiger partial charge < -0.3 is 69.0 Å². The molecule has 238 valence electrons. The quantitative estimate of drug-likeness (QED) is 0.139. The van der Waals surface area contributed by atoms with Crippen molar-refractivity contribution in [1.29, 1.82) is 0 Å². The molecule has 2 aliphatic heterocycles. The molecule has 44 heavy (non-hydrogen) atoms. The maximum atomic E-state index is 13.8. The van der Waals surface area contributed by atoms with E-state index >= 15 is 0 Å². The smallest absolute Gasteiger partial charge is 0.303 e. The monoisotopic (exact) mass is 622 g/mol. The predicted octanol–water partition coefficient (Wildman–Crippen LogP) is -1.56. The summed E-state index contributed by atoms with van der Waals surface area (Å²) in [5.41, 5.74) is -1.05. The van der Waals surface area contributed by atoms with Crippen LogP contribution in [0.25, 0.3) is 22.3 Å². The number of phenols is 2. The highest BCUT2D eigenvalue weighted by Gasteiger charge is 2.46. The minimum Gasteiger partial charge on any atom is -0.508 e. The van der Waals surface area contributed by atoms with Gasteiger partial charge in [0.25, 0.3) is 0 Å². The van der Waals surface area contributed by atoms with Crippen molar-refractivity contribution in [2.45, 2.75) is 62.2 Å². The molecule has 9 atom stereocenters. The SMILES string of the molecule is CC(=O)O[C@H]1[C@H](Oc2cc(O)c3c(=O)c(O[C@@H]4O[C@H](CO)[C@H](O)[C@H](O)[C@H]4O)c(-c4ccc(O)cc4)oc3c2)OC[C@H](O)[C@@H]1O. The topological polar surface area (TPSA) is 255 Å². The number of esters is 1. The lowest BCUT2D eigenvalue weighted by Gasteiger charge is -2.39. The first-order valence-corrected chi connectivity index (χ1v) is 13.3. The predicted molar refractivity (Wildman–Crippen MR) is 144 cm³/mol. The number of rotatable bonds is 7. The lowest BCUT2D eigenvalue weighted by molar-refractivity contribution is -0.277. The van der Waals surface area contributed by atoms with E-state index in [2.05, 4.69) is 0 Å². The van der Waals surface area contributed by atoms with Gasteiger partial charge in [-0.1, -0.05) is 0 Å². The summed E-state index contributed by atoms with van der Waals surface area (Å²) in [6, 6.07) is 7.48. The van der Waals surface area contributed by atoms with Crippen molar-refractivity contribution in [3.63, 3.8) is 0 Å². The molecule has 2 aliphatic rings. The highest BCUT2D eigenvalue weighted by atomic mass is 16.7. The van der Waals surface area contributed by atoms with E-state index in [-0.39, 0.29) is 35.0 Å². The Hall–Kier alpha value is -4.00. The van der Waals surface area contributed by atoms with Crippen molar-refractivity contribution in [3.8, 4) is 34.3 Å². The fourth-order valence-corrected chi connectivity index (χ4v) is 4.84. The van der Waals surface area contributed by atoms with Gasteiger partial charge in [0, 0.05) is 24.6 Å². The number of hydrogen-bond acceptors (Lipinski definition) is 16. The van der Waals surface area contributed by atoms with Gasteiger partial charge >= 0.3 is 5.97 Å². The maximum absolute atomic E-state index is 13.8. The van der Waals surface area contributed by atoms with Crippen LogP contribution >= 0.6 is 0 Å². The van der Waals surface area contributed by atoms with Gasteiger partial charge in [0.1, 0.15) is 64.8 Å². The zero-order chi connectivity index (χ0) is 31.9. The number of phenolic OH excluding ortho intramolecular Hbond substituents is 2. The molecule has 0 unspecified atom stereocenters. The van der Waals surface area contributed by atoms with Crippen LogP contribution in [0.1, 0.15) is 6.92 Å². The molecule has 0 aliphatic carbocycles. The minimum absolute atomic E-state index is 0.122. The zero-order valence-electron chi connectivity index (χ0n) is 22.9. The number of hydrogen-bond donors (Lipinski definition) is 8. The van der Waals surface area contributed by atoms with Crippen LogP contribution in [0.4, 0.5) is 0 Å². The molecule has 0 bridgehead atoms. The van der Waals surface area contributed by atoms with Crippen LogP contribution < -0.4 is 14.9 Å². The third kappa shape index (κ3) is 6.01. The average Bonchev–Trinajstić information content (AvgIpc) is 2.98. The molecule has 0 spiro atoms. The third-order valence-corrected chi connectivity index (χ3v) is 7.10. The van der Waals surface area contributed by atoms with E-state index in [1.54, 1.807) is 0 Å². The van der Waals surface area contributed by atoms with E-state index in [4.69, 9.17) is 28.1 Å². The van der Waals surface area contributed by atoms with Gasteiger partial charge in [-0.2, -0.15) is 0 Å². The Labute approximate surface area is 247 Å². The Kier molecular flexibility index (Phi) is 8.96. The van der Waals surface area contributed by atoms with Crippen molar-refractivity contribution in [2.24, 2.45) is 0 Å². The molecule has 1 aromatic heterocycles. The van der Waals surface area contributed by atoms with Gasteiger partial charge in [0.2, 0.25) is 23.8 Å². The third-order valence-electron chi connectivity index (χ3n) is 7.10. The van der Waals surface area contributed by atoms with Crippen molar-refractivity contribution >= 4 is 16.9 Å². The van der Waals surface area contributed by atoms with E-state index in [9.17, 15) is 50.4 Å². The van der Waals surface area contributed by atoms with E-state index < -0.39 is 90.2 Å². The molecule has 3 heterocycles. The Morgan fingerprint density at radius 1 is 0.932 bits per heavy atom. The van der Waals surface area contributed by atoms with E-state index in [1.807, 2.05) is 0 Å². The molecule has 0 amide bonds. The molecule has 16 heteroatoms. The summed E-state index contributed by atoms with van der Waals surface area (Å²) in [7, 11) is 0. The number of carbonyl (C=O) groups is 1. The molecule has 0 radical (unpaired) electrons. The molecule has 2 saturated heterocycles.